The summed E-state index contributed by atoms with van der Waals surface area (Å²) in [5.41, 5.74) is 0.742. The molecule has 0 radical (unpaired) electrons. The van der Waals surface area contributed by atoms with Crippen LogP contribution >= 0.6 is 0 Å². The fraction of sp³-hybridized carbons (Fsp3) is 0.412. The van der Waals surface area contributed by atoms with Crippen LogP contribution in [-0.4, -0.2) is 30.9 Å². The van der Waals surface area contributed by atoms with E-state index in [1.165, 1.54) is 13.3 Å². The van der Waals surface area contributed by atoms with Gasteiger partial charge < -0.3 is 4.74 Å². The molecule has 22 heavy (non-hydrogen) atoms. The van der Waals surface area contributed by atoms with Crippen molar-refractivity contribution in [2.24, 2.45) is 16.3 Å². The van der Waals surface area contributed by atoms with Crippen molar-refractivity contribution in [2.45, 2.75) is 26.7 Å². The van der Waals surface area contributed by atoms with E-state index in [9.17, 15) is 14.4 Å². The van der Waals surface area contributed by atoms with Gasteiger partial charge in [-0.2, -0.15) is 0 Å². The van der Waals surface area contributed by atoms with E-state index in [2.05, 4.69) is 9.73 Å². The van der Waals surface area contributed by atoms with Crippen LogP contribution < -0.4 is 0 Å². The summed E-state index contributed by atoms with van der Waals surface area (Å²) in [7, 11) is 1.32. The lowest BCUT2D eigenvalue weighted by molar-refractivity contribution is -0.136. The first-order chi connectivity index (χ1) is 10.3. The number of carbonyl (C=O) groups excluding carboxylic acids is 3. The highest BCUT2D eigenvalue weighted by molar-refractivity contribution is 6.16. The van der Waals surface area contributed by atoms with Gasteiger partial charge >= 0.3 is 5.97 Å². The third-order valence-corrected chi connectivity index (χ3v) is 3.66. The average Bonchev–Trinajstić information content (AvgIpc) is 2.45. The number of aliphatic imine (C=N–C) groups is 1. The molecule has 0 aromatic heterocycles. The lowest BCUT2D eigenvalue weighted by Crippen LogP contribution is -2.38. The van der Waals surface area contributed by atoms with Gasteiger partial charge in [0.25, 0.3) is 0 Å². The molecule has 5 heteroatoms. The maximum absolute atomic E-state index is 12.1. The summed E-state index contributed by atoms with van der Waals surface area (Å²) in [6.45, 7) is 3.84. The minimum Gasteiger partial charge on any atom is -0.465 e. The van der Waals surface area contributed by atoms with Crippen molar-refractivity contribution in [3.05, 3.63) is 29.8 Å². The van der Waals surface area contributed by atoms with Gasteiger partial charge in [-0.1, -0.05) is 13.8 Å². The number of nitrogens with zero attached hydrogens (tertiary/aromatic N) is 1. The number of ketones is 2. The van der Waals surface area contributed by atoms with Gasteiger partial charge in [-0.05, 0) is 29.7 Å². The first-order valence-electron chi connectivity index (χ1n) is 7.10. The SMILES string of the molecule is COC(=O)c1ccc(N=CC2C(=O)CC(C)(C)CC2=O)cc1. The van der Waals surface area contributed by atoms with Gasteiger partial charge in [0.15, 0.2) is 0 Å². The van der Waals surface area contributed by atoms with Crippen LogP contribution in [0, 0.1) is 11.3 Å². The molecule has 116 valence electrons. The smallest absolute Gasteiger partial charge is 0.337 e. The summed E-state index contributed by atoms with van der Waals surface area (Å²) in [6, 6.07) is 6.47. The first-order valence-corrected chi connectivity index (χ1v) is 7.10. The second-order valence-corrected chi connectivity index (χ2v) is 6.24. The molecule has 0 heterocycles. The van der Waals surface area contributed by atoms with Crippen molar-refractivity contribution in [1.29, 1.82) is 0 Å². The number of methoxy groups -OCH3 is 1. The lowest BCUT2D eigenvalue weighted by atomic mass is 9.72. The molecule has 1 aromatic carbocycles. The Morgan fingerprint density at radius 3 is 2.23 bits per heavy atom. The van der Waals surface area contributed by atoms with Crippen LogP contribution in [0.4, 0.5) is 5.69 Å². The zero-order valence-electron chi connectivity index (χ0n) is 13.0. The summed E-state index contributed by atoms with van der Waals surface area (Å²) >= 11 is 0. The van der Waals surface area contributed by atoms with Crippen LogP contribution in [0.5, 0.6) is 0 Å². The molecule has 1 aliphatic rings. The topological polar surface area (TPSA) is 72.8 Å². The molecule has 0 bridgehead atoms. The fourth-order valence-corrected chi connectivity index (χ4v) is 2.53. The first kappa shape index (κ1) is 16.1. The van der Waals surface area contributed by atoms with Crippen LogP contribution in [0.2, 0.25) is 0 Å². The summed E-state index contributed by atoms with van der Waals surface area (Å²) in [6.07, 6.45) is 2.18. The Kier molecular flexibility index (Phi) is 4.54. The number of hydrogen-bond acceptors (Lipinski definition) is 5. The van der Waals surface area contributed by atoms with E-state index < -0.39 is 11.9 Å². The van der Waals surface area contributed by atoms with Gasteiger partial charge in [0.1, 0.15) is 17.5 Å². The van der Waals surface area contributed by atoms with Gasteiger partial charge in [0, 0.05) is 19.1 Å². The standard InChI is InChI=1S/C17H19NO4/c1-17(2)8-14(19)13(15(20)9-17)10-18-12-6-4-11(5-7-12)16(21)22-3/h4-7,10,13H,8-9H2,1-3H3. The Morgan fingerprint density at radius 2 is 1.73 bits per heavy atom. The quantitative estimate of drug-likeness (QED) is 0.489. The number of benzene rings is 1. The number of ether oxygens (including phenoxy) is 1. The van der Waals surface area contributed by atoms with E-state index in [1.54, 1.807) is 24.3 Å². The van der Waals surface area contributed by atoms with Gasteiger partial charge in [-0.25, -0.2) is 4.79 Å². The van der Waals surface area contributed by atoms with E-state index in [4.69, 9.17) is 0 Å². The van der Waals surface area contributed by atoms with Gasteiger partial charge in [0.05, 0.1) is 18.4 Å². The van der Waals surface area contributed by atoms with Crippen molar-refractivity contribution < 1.29 is 19.1 Å². The number of Topliss-reactive ketones (excluding diaryl/α,β-unsaturated/α-hetero) is 2. The number of rotatable bonds is 3. The molecule has 0 aliphatic heterocycles. The Labute approximate surface area is 129 Å². The van der Waals surface area contributed by atoms with Gasteiger partial charge in [0.2, 0.25) is 0 Å². The maximum atomic E-state index is 12.1. The normalized spacial score (nSPS) is 18.7. The van der Waals surface area contributed by atoms with E-state index in [0.29, 0.717) is 24.1 Å². The van der Waals surface area contributed by atoms with E-state index in [0.717, 1.165) is 0 Å². The van der Waals surface area contributed by atoms with Crippen molar-refractivity contribution in [1.82, 2.24) is 0 Å². The van der Waals surface area contributed by atoms with Crippen LogP contribution in [-0.2, 0) is 14.3 Å². The third-order valence-electron chi connectivity index (χ3n) is 3.66. The zero-order valence-corrected chi connectivity index (χ0v) is 13.0. The molecule has 1 aliphatic carbocycles. The lowest BCUT2D eigenvalue weighted by Gasteiger charge is -2.30. The molecule has 0 spiro atoms. The maximum Gasteiger partial charge on any atom is 0.337 e. The molecule has 0 atom stereocenters. The van der Waals surface area contributed by atoms with Crippen LogP contribution in [0.25, 0.3) is 0 Å². The molecule has 1 fully saturated rings. The molecule has 5 nitrogen and oxygen atoms in total. The van der Waals surface area contributed by atoms with Crippen LogP contribution in [0.3, 0.4) is 0 Å². The number of esters is 1. The highest BCUT2D eigenvalue weighted by Crippen LogP contribution is 2.33. The summed E-state index contributed by atoms with van der Waals surface area (Å²) in [4.78, 5) is 39.6. The monoisotopic (exact) mass is 301 g/mol. The molecule has 2 rings (SSSR count). The Morgan fingerprint density at radius 1 is 1.18 bits per heavy atom. The predicted octanol–water partition coefficient (Wildman–Crippen LogP) is 2.75. The van der Waals surface area contributed by atoms with Crippen molar-refractivity contribution in [3.8, 4) is 0 Å². The summed E-state index contributed by atoms with van der Waals surface area (Å²) in [5.74, 6) is -1.35. The Hall–Kier alpha value is -2.30. The van der Waals surface area contributed by atoms with Gasteiger partial charge in [-0.15, -0.1) is 0 Å². The molecular formula is C17H19NO4. The molecule has 0 amide bonds. The van der Waals surface area contributed by atoms with Crippen molar-refractivity contribution in [3.63, 3.8) is 0 Å². The molecule has 0 saturated heterocycles. The van der Waals surface area contributed by atoms with Crippen molar-refractivity contribution in [2.75, 3.05) is 7.11 Å². The molecule has 1 saturated carbocycles. The summed E-state index contributed by atoms with van der Waals surface area (Å²) in [5, 5.41) is 0. The number of hydrogen-bond donors (Lipinski definition) is 0. The molecule has 0 unspecified atom stereocenters. The highest BCUT2D eigenvalue weighted by atomic mass is 16.5. The third kappa shape index (κ3) is 3.67. The summed E-state index contributed by atoms with van der Waals surface area (Å²) < 4.78 is 4.61. The van der Waals surface area contributed by atoms with E-state index >= 15 is 0 Å². The molecule has 0 N–H and O–H groups in total. The van der Waals surface area contributed by atoms with Crippen LogP contribution in [0.15, 0.2) is 29.3 Å². The second kappa shape index (κ2) is 6.22. The van der Waals surface area contributed by atoms with E-state index in [1.807, 2.05) is 13.8 Å². The van der Waals surface area contributed by atoms with Gasteiger partial charge in [-0.3, -0.25) is 14.6 Å². The Bertz CT molecular complexity index is 609. The van der Waals surface area contributed by atoms with Crippen molar-refractivity contribution >= 4 is 29.4 Å². The van der Waals surface area contributed by atoms with E-state index in [-0.39, 0.29) is 17.0 Å². The highest BCUT2D eigenvalue weighted by Gasteiger charge is 2.38. The zero-order chi connectivity index (χ0) is 16.3. The molecular weight excluding hydrogens is 282 g/mol. The number of carbonyl (C=O) groups is 3. The molecule has 1 aromatic rings. The predicted molar refractivity (Wildman–Crippen MR) is 82.5 cm³/mol. The fourth-order valence-electron chi connectivity index (χ4n) is 2.53. The Balaban J connectivity index is 2.10. The minimum atomic E-state index is -0.756. The minimum absolute atomic E-state index is 0.0869. The largest absolute Gasteiger partial charge is 0.465 e. The van der Waals surface area contributed by atoms with Crippen LogP contribution in [0.1, 0.15) is 37.0 Å². The average molecular weight is 301 g/mol. The second-order valence-electron chi connectivity index (χ2n) is 6.24.